The Balaban J connectivity index is 1.24. The fourth-order valence-electron chi connectivity index (χ4n) is 3.25. The molecular weight excluding hydrogens is 373 g/mol. The Hall–Kier alpha value is -1.89. The Morgan fingerprint density at radius 2 is 1.64 bits per heavy atom. The number of rotatable bonds is 9. The first-order chi connectivity index (χ1) is 13.7. The maximum atomic E-state index is 12.9. The van der Waals surface area contributed by atoms with Crippen LogP contribution in [0.1, 0.15) is 12.0 Å². The van der Waals surface area contributed by atoms with Gasteiger partial charge in [0.15, 0.2) is 0 Å². The average Bonchev–Trinajstić information content (AvgIpc) is 2.72. The molecule has 0 aliphatic carbocycles. The SMILES string of the molecule is O=C(CCSc1ccc(F)cc1)NCCN1CCN(Cc2ccccc2)CC1. The second kappa shape index (κ2) is 11.2. The van der Waals surface area contributed by atoms with E-state index in [4.69, 9.17) is 0 Å². The quantitative estimate of drug-likeness (QED) is 0.655. The number of hydrogen-bond donors (Lipinski definition) is 1. The smallest absolute Gasteiger partial charge is 0.220 e. The van der Waals surface area contributed by atoms with Crippen LogP contribution in [0, 0.1) is 5.82 Å². The summed E-state index contributed by atoms with van der Waals surface area (Å²) in [7, 11) is 0. The van der Waals surface area contributed by atoms with Gasteiger partial charge in [-0.25, -0.2) is 4.39 Å². The van der Waals surface area contributed by atoms with E-state index >= 15 is 0 Å². The number of carbonyl (C=O) groups is 1. The summed E-state index contributed by atoms with van der Waals surface area (Å²) < 4.78 is 12.9. The maximum Gasteiger partial charge on any atom is 0.220 e. The van der Waals surface area contributed by atoms with E-state index in [9.17, 15) is 9.18 Å². The minimum absolute atomic E-state index is 0.0809. The summed E-state index contributed by atoms with van der Waals surface area (Å²) in [5, 5.41) is 3.01. The highest BCUT2D eigenvalue weighted by molar-refractivity contribution is 7.99. The number of hydrogen-bond acceptors (Lipinski definition) is 4. The van der Waals surface area contributed by atoms with Gasteiger partial charge < -0.3 is 5.32 Å². The van der Waals surface area contributed by atoms with Crippen LogP contribution in [0.25, 0.3) is 0 Å². The standard InChI is InChI=1S/C22H28FN3OS/c23-20-6-8-21(9-7-20)28-17-10-22(27)24-11-12-25-13-15-26(16-14-25)18-19-4-2-1-3-5-19/h1-9H,10-18H2,(H,24,27). The number of amides is 1. The number of benzene rings is 2. The van der Waals surface area contributed by atoms with Crippen molar-refractivity contribution in [3.63, 3.8) is 0 Å². The van der Waals surface area contributed by atoms with Gasteiger partial charge >= 0.3 is 0 Å². The molecule has 0 unspecified atom stereocenters. The molecule has 0 saturated carbocycles. The molecule has 3 rings (SSSR count). The van der Waals surface area contributed by atoms with Crippen molar-refractivity contribution < 1.29 is 9.18 Å². The lowest BCUT2D eigenvalue weighted by atomic mass is 10.2. The summed E-state index contributed by atoms with van der Waals surface area (Å²) in [4.78, 5) is 17.9. The lowest BCUT2D eigenvalue weighted by Gasteiger charge is -2.34. The van der Waals surface area contributed by atoms with E-state index in [1.807, 2.05) is 0 Å². The molecule has 1 N–H and O–H groups in total. The van der Waals surface area contributed by atoms with Crippen LogP contribution in [0.3, 0.4) is 0 Å². The van der Waals surface area contributed by atoms with Gasteiger partial charge in [0.25, 0.3) is 0 Å². The highest BCUT2D eigenvalue weighted by Crippen LogP contribution is 2.18. The Morgan fingerprint density at radius 3 is 2.36 bits per heavy atom. The molecule has 0 aromatic heterocycles. The van der Waals surface area contributed by atoms with Crippen molar-refractivity contribution in [2.75, 3.05) is 45.0 Å². The lowest BCUT2D eigenvalue weighted by molar-refractivity contribution is -0.120. The molecule has 150 valence electrons. The minimum atomic E-state index is -0.233. The summed E-state index contributed by atoms with van der Waals surface area (Å²) >= 11 is 1.58. The summed E-state index contributed by atoms with van der Waals surface area (Å²) in [6.07, 6.45) is 0.479. The van der Waals surface area contributed by atoms with E-state index in [1.54, 1.807) is 23.9 Å². The van der Waals surface area contributed by atoms with E-state index in [2.05, 4.69) is 45.4 Å². The monoisotopic (exact) mass is 401 g/mol. The highest BCUT2D eigenvalue weighted by atomic mass is 32.2. The Morgan fingerprint density at radius 1 is 0.964 bits per heavy atom. The van der Waals surface area contributed by atoms with Crippen molar-refractivity contribution >= 4 is 17.7 Å². The molecule has 1 aliphatic rings. The van der Waals surface area contributed by atoms with E-state index in [0.717, 1.165) is 44.2 Å². The van der Waals surface area contributed by atoms with Gasteiger partial charge in [0, 0.05) is 62.9 Å². The number of halogens is 1. The van der Waals surface area contributed by atoms with Crippen molar-refractivity contribution in [1.82, 2.24) is 15.1 Å². The topological polar surface area (TPSA) is 35.6 Å². The largest absolute Gasteiger partial charge is 0.355 e. The first-order valence-electron chi connectivity index (χ1n) is 9.83. The van der Waals surface area contributed by atoms with Crippen molar-refractivity contribution in [1.29, 1.82) is 0 Å². The molecule has 0 spiro atoms. The Bertz CT molecular complexity index is 718. The lowest BCUT2D eigenvalue weighted by Crippen LogP contribution is -2.48. The Labute approximate surface area is 171 Å². The summed E-state index contributed by atoms with van der Waals surface area (Å²) in [5.41, 5.74) is 1.36. The molecule has 0 radical (unpaired) electrons. The zero-order valence-electron chi connectivity index (χ0n) is 16.1. The number of nitrogens with zero attached hydrogens (tertiary/aromatic N) is 2. The number of thioether (sulfide) groups is 1. The molecule has 0 atom stereocenters. The molecule has 1 aliphatic heterocycles. The predicted octanol–water partition coefficient (Wildman–Crippen LogP) is 3.24. The fraction of sp³-hybridized carbons (Fsp3) is 0.409. The van der Waals surface area contributed by atoms with Crippen molar-refractivity contribution in [3.8, 4) is 0 Å². The van der Waals surface area contributed by atoms with Crippen LogP contribution in [-0.2, 0) is 11.3 Å². The van der Waals surface area contributed by atoms with Gasteiger partial charge in [-0.3, -0.25) is 14.6 Å². The third-order valence-electron chi connectivity index (χ3n) is 4.88. The van der Waals surface area contributed by atoms with Gasteiger partial charge in [0.05, 0.1) is 0 Å². The second-order valence-corrected chi connectivity index (χ2v) is 8.17. The molecule has 2 aromatic carbocycles. The molecule has 0 bridgehead atoms. The van der Waals surface area contributed by atoms with Gasteiger partial charge in [-0.2, -0.15) is 0 Å². The van der Waals surface area contributed by atoms with Crippen LogP contribution >= 0.6 is 11.8 Å². The number of nitrogens with one attached hydrogen (secondary N) is 1. The normalized spacial score (nSPS) is 15.5. The van der Waals surface area contributed by atoms with Crippen LogP contribution in [0.15, 0.2) is 59.5 Å². The molecule has 4 nitrogen and oxygen atoms in total. The van der Waals surface area contributed by atoms with E-state index in [-0.39, 0.29) is 11.7 Å². The second-order valence-electron chi connectivity index (χ2n) is 7.01. The molecule has 1 amide bonds. The van der Waals surface area contributed by atoms with Crippen LogP contribution in [0.4, 0.5) is 4.39 Å². The molecule has 2 aromatic rings. The molecule has 1 saturated heterocycles. The summed E-state index contributed by atoms with van der Waals surface area (Å²) in [6.45, 7) is 6.83. The summed E-state index contributed by atoms with van der Waals surface area (Å²) in [5.74, 6) is 0.552. The highest BCUT2D eigenvalue weighted by Gasteiger charge is 2.16. The summed E-state index contributed by atoms with van der Waals surface area (Å²) in [6, 6.07) is 17.0. The third-order valence-corrected chi connectivity index (χ3v) is 5.89. The molecule has 1 heterocycles. The number of piperazine rings is 1. The maximum absolute atomic E-state index is 12.9. The zero-order valence-corrected chi connectivity index (χ0v) is 17.0. The molecule has 6 heteroatoms. The van der Waals surface area contributed by atoms with Crippen molar-refractivity contribution in [2.45, 2.75) is 17.9 Å². The van der Waals surface area contributed by atoms with Crippen molar-refractivity contribution in [3.05, 3.63) is 66.0 Å². The molecular formula is C22H28FN3OS. The van der Waals surface area contributed by atoms with Gasteiger partial charge in [-0.15, -0.1) is 11.8 Å². The van der Waals surface area contributed by atoms with Gasteiger partial charge in [0.2, 0.25) is 5.91 Å². The van der Waals surface area contributed by atoms with Gasteiger partial charge in [0.1, 0.15) is 5.82 Å². The van der Waals surface area contributed by atoms with E-state index < -0.39 is 0 Å². The molecule has 28 heavy (non-hydrogen) atoms. The van der Waals surface area contributed by atoms with Crippen LogP contribution < -0.4 is 5.32 Å². The van der Waals surface area contributed by atoms with Gasteiger partial charge in [-0.1, -0.05) is 30.3 Å². The minimum Gasteiger partial charge on any atom is -0.355 e. The van der Waals surface area contributed by atoms with E-state index in [0.29, 0.717) is 18.7 Å². The zero-order chi connectivity index (χ0) is 19.6. The van der Waals surface area contributed by atoms with Crippen LogP contribution in [0.2, 0.25) is 0 Å². The third kappa shape index (κ3) is 7.26. The first-order valence-corrected chi connectivity index (χ1v) is 10.8. The number of carbonyl (C=O) groups excluding carboxylic acids is 1. The molecule has 1 fully saturated rings. The Kier molecular flexibility index (Phi) is 8.33. The van der Waals surface area contributed by atoms with Crippen LogP contribution in [0.5, 0.6) is 0 Å². The van der Waals surface area contributed by atoms with Crippen LogP contribution in [-0.4, -0.2) is 60.7 Å². The predicted molar refractivity (Wildman–Crippen MR) is 113 cm³/mol. The van der Waals surface area contributed by atoms with E-state index in [1.165, 1.54) is 17.7 Å². The van der Waals surface area contributed by atoms with Crippen molar-refractivity contribution in [2.24, 2.45) is 0 Å². The average molecular weight is 402 g/mol. The first kappa shape index (κ1) is 20.8. The fourth-order valence-corrected chi connectivity index (χ4v) is 4.10. The van der Waals surface area contributed by atoms with Gasteiger partial charge in [-0.05, 0) is 29.8 Å².